The molecule has 1 fully saturated rings. The number of carbonyl (C=O) groups excluding carboxylic acids is 2. The molecule has 2 aromatic rings. The van der Waals surface area contributed by atoms with Gasteiger partial charge in [-0.05, 0) is 24.6 Å². The molecule has 6 heteroatoms. The predicted octanol–water partition coefficient (Wildman–Crippen LogP) is 2.13. The van der Waals surface area contributed by atoms with Crippen molar-refractivity contribution in [3.8, 4) is 5.75 Å². The third-order valence-corrected chi connectivity index (χ3v) is 5.03. The van der Waals surface area contributed by atoms with Gasteiger partial charge in [-0.2, -0.15) is 5.10 Å². The van der Waals surface area contributed by atoms with E-state index in [-0.39, 0.29) is 17.7 Å². The Balaban J connectivity index is 1.55. The molecular formula is C21H21N3O3. The summed E-state index contributed by atoms with van der Waals surface area (Å²) in [6.45, 7) is 2.97. The van der Waals surface area contributed by atoms with Crippen molar-refractivity contribution in [2.45, 2.75) is 19.3 Å². The van der Waals surface area contributed by atoms with Gasteiger partial charge in [-0.1, -0.05) is 42.0 Å². The lowest BCUT2D eigenvalue weighted by atomic mass is 9.88. The number of fused-ring (bicyclic) bond motifs is 1. The third kappa shape index (κ3) is 3.43. The minimum absolute atomic E-state index is 0.192. The molecule has 1 saturated heterocycles. The smallest absolute Gasteiger partial charge is 0.253 e. The van der Waals surface area contributed by atoms with E-state index in [0.717, 1.165) is 28.2 Å². The molecule has 0 saturated carbocycles. The fourth-order valence-corrected chi connectivity index (χ4v) is 3.63. The molecule has 0 bridgehead atoms. The molecule has 2 unspecified atom stereocenters. The summed E-state index contributed by atoms with van der Waals surface area (Å²) in [6.07, 6.45) is 0.607. The Kier molecular flexibility index (Phi) is 4.62. The Labute approximate surface area is 157 Å². The summed E-state index contributed by atoms with van der Waals surface area (Å²) in [5.74, 6) is -0.853. The summed E-state index contributed by atoms with van der Waals surface area (Å²) in [4.78, 5) is 25.0. The molecular weight excluding hydrogens is 342 g/mol. The molecule has 0 aromatic heterocycles. The van der Waals surface area contributed by atoms with Crippen molar-refractivity contribution in [2.75, 3.05) is 13.2 Å². The Morgan fingerprint density at radius 1 is 1.22 bits per heavy atom. The normalized spacial score (nSPS) is 22.7. The average Bonchev–Trinajstić information content (AvgIpc) is 3.08. The molecule has 27 heavy (non-hydrogen) atoms. The van der Waals surface area contributed by atoms with E-state index in [9.17, 15) is 9.59 Å². The van der Waals surface area contributed by atoms with Gasteiger partial charge in [0.25, 0.3) is 5.91 Å². The molecule has 2 aliphatic heterocycles. The predicted molar refractivity (Wildman–Crippen MR) is 102 cm³/mol. The van der Waals surface area contributed by atoms with Crippen LogP contribution in [0.4, 0.5) is 0 Å². The zero-order chi connectivity index (χ0) is 18.8. The highest BCUT2D eigenvalue weighted by atomic mass is 16.5. The standard InChI is InChI=1S/C21H21N3O3/c1-13-7-8-18-15(11-13)17(9-10-27-18)23-24-21(26)19-16(12-22-20(19)25)14-5-3-2-4-6-14/h2-8,11,16,19H,9-10,12H2,1H3,(H,22,25)(H,24,26)/b23-17-. The van der Waals surface area contributed by atoms with Gasteiger partial charge in [0, 0.05) is 24.4 Å². The van der Waals surface area contributed by atoms with E-state index < -0.39 is 5.92 Å². The van der Waals surface area contributed by atoms with E-state index in [1.165, 1.54) is 0 Å². The number of hydrogen-bond acceptors (Lipinski definition) is 4. The number of carbonyl (C=O) groups is 2. The maximum Gasteiger partial charge on any atom is 0.253 e. The van der Waals surface area contributed by atoms with Crippen molar-refractivity contribution in [3.05, 3.63) is 65.2 Å². The lowest BCUT2D eigenvalue weighted by molar-refractivity contribution is -0.133. The fourth-order valence-electron chi connectivity index (χ4n) is 3.63. The first kappa shape index (κ1) is 17.3. The number of benzene rings is 2. The lowest BCUT2D eigenvalue weighted by Gasteiger charge is -2.20. The van der Waals surface area contributed by atoms with Crippen molar-refractivity contribution in [1.29, 1.82) is 0 Å². The van der Waals surface area contributed by atoms with Gasteiger partial charge in [0.15, 0.2) is 0 Å². The summed E-state index contributed by atoms with van der Waals surface area (Å²) < 4.78 is 5.65. The molecule has 2 amide bonds. The molecule has 0 spiro atoms. The second kappa shape index (κ2) is 7.23. The minimum Gasteiger partial charge on any atom is -0.492 e. The van der Waals surface area contributed by atoms with E-state index in [2.05, 4.69) is 15.8 Å². The van der Waals surface area contributed by atoms with Crippen molar-refractivity contribution in [2.24, 2.45) is 11.0 Å². The number of nitrogens with one attached hydrogen (secondary N) is 2. The fraction of sp³-hybridized carbons (Fsp3) is 0.286. The maximum absolute atomic E-state index is 12.8. The van der Waals surface area contributed by atoms with Crippen molar-refractivity contribution >= 4 is 17.5 Å². The number of rotatable bonds is 3. The Bertz CT molecular complexity index is 908. The van der Waals surface area contributed by atoms with Gasteiger partial charge in [0.2, 0.25) is 5.91 Å². The highest BCUT2D eigenvalue weighted by Crippen LogP contribution is 2.29. The molecule has 4 rings (SSSR count). The second-order valence-corrected chi connectivity index (χ2v) is 6.87. The van der Waals surface area contributed by atoms with Crippen LogP contribution in [-0.4, -0.2) is 30.7 Å². The third-order valence-electron chi connectivity index (χ3n) is 5.03. The van der Waals surface area contributed by atoms with Crippen LogP contribution < -0.4 is 15.5 Å². The topological polar surface area (TPSA) is 79.8 Å². The largest absolute Gasteiger partial charge is 0.492 e. The van der Waals surface area contributed by atoms with Gasteiger partial charge in [-0.15, -0.1) is 0 Å². The SMILES string of the molecule is Cc1ccc2c(c1)/C(=N\NC(=O)C1C(=O)NCC1c1ccccc1)CCO2. The van der Waals surface area contributed by atoms with Gasteiger partial charge in [0.05, 0.1) is 12.3 Å². The summed E-state index contributed by atoms with van der Waals surface area (Å²) >= 11 is 0. The summed E-state index contributed by atoms with van der Waals surface area (Å²) in [5, 5.41) is 7.12. The van der Waals surface area contributed by atoms with Crippen LogP contribution in [0.3, 0.4) is 0 Å². The van der Waals surface area contributed by atoms with Gasteiger partial charge in [-0.25, -0.2) is 5.43 Å². The number of hydrazone groups is 1. The molecule has 0 radical (unpaired) electrons. The minimum atomic E-state index is -0.784. The molecule has 138 valence electrons. The van der Waals surface area contributed by atoms with Gasteiger partial charge in [-0.3, -0.25) is 9.59 Å². The first-order valence-corrected chi connectivity index (χ1v) is 9.06. The lowest BCUT2D eigenvalue weighted by Crippen LogP contribution is -2.35. The Morgan fingerprint density at radius 3 is 2.85 bits per heavy atom. The van der Waals surface area contributed by atoms with Crippen molar-refractivity contribution < 1.29 is 14.3 Å². The first-order chi connectivity index (χ1) is 13.1. The Morgan fingerprint density at radius 2 is 2.04 bits per heavy atom. The van der Waals surface area contributed by atoms with Crippen LogP contribution in [0.1, 0.15) is 29.0 Å². The average molecular weight is 363 g/mol. The first-order valence-electron chi connectivity index (χ1n) is 9.06. The van der Waals surface area contributed by atoms with Crippen LogP contribution in [0.25, 0.3) is 0 Å². The van der Waals surface area contributed by atoms with E-state index >= 15 is 0 Å². The number of amides is 2. The van der Waals surface area contributed by atoms with E-state index in [4.69, 9.17) is 4.74 Å². The highest BCUT2D eigenvalue weighted by molar-refractivity contribution is 6.06. The number of hydrogen-bond donors (Lipinski definition) is 2. The monoisotopic (exact) mass is 363 g/mol. The van der Waals surface area contributed by atoms with Gasteiger partial charge >= 0.3 is 0 Å². The van der Waals surface area contributed by atoms with Gasteiger partial charge in [0.1, 0.15) is 11.7 Å². The summed E-state index contributed by atoms with van der Waals surface area (Å²) in [5.41, 5.74) is 6.33. The number of nitrogens with zero attached hydrogens (tertiary/aromatic N) is 1. The zero-order valence-electron chi connectivity index (χ0n) is 15.1. The highest BCUT2D eigenvalue weighted by Gasteiger charge is 2.41. The van der Waals surface area contributed by atoms with Crippen molar-refractivity contribution in [3.63, 3.8) is 0 Å². The molecule has 2 heterocycles. The van der Waals surface area contributed by atoms with Crippen LogP contribution in [0.15, 0.2) is 53.6 Å². The van der Waals surface area contributed by atoms with Gasteiger partial charge < -0.3 is 10.1 Å². The zero-order valence-corrected chi connectivity index (χ0v) is 15.1. The summed E-state index contributed by atoms with van der Waals surface area (Å²) in [6, 6.07) is 15.5. The molecule has 6 nitrogen and oxygen atoms in total. The van der Waals surface area contributed by atoms with Crippen LogP contribution in [0, 0.1) is 12.8 Å². The molecule has 0 aliphatic carbocycles. The van der Waals surface area contributed by atoms with Crippen LogP contribution >= 0.6 is 0 Å². The number of aryl methyl sites for hydroxylation is 1. The number of ether oxygens (including phenoxy) is 1. The van der Waals surface area contributed by atoms with Crippen LogP contribution in [0.5, 0.6) is 5.75 Å². The maximum atomic E-state index is 12.8. The van der Waals surface area contributed by atoms with Crippen LogP contribution in [-0.2, 0) is 9.59 Å². The molecule has 2 aliphatic rings. The molecule has 2 atom stereocenters. The molecule has 2 aromatic carbocycles. The molecule has 2 N–H and O–H groups in total. The van der Waals surface area contributed by atoms with E-state index in [0.29, 0.717) is 19.6 Å². The van der Waals surface area contributed by atoms with Crippen molar-refractivity contribution in [1.82, 2.24) is 10.7 Å². The summed E-state index contributed by atoms with van der Waals surface area (Å²) in [7, 11) is 0. The van der Waals surface area contributed by atoms with E-state index in [1.807, 2.05) is 55.5 Å². The Hall–Kier alpha value is -3.15. The van der Waals surface area contributed by atoms with E-state index in [1.54, 1.807) is 0 Å². The quantitative estimate of drug-likeness (QED) is 0.648. The second-order valence-electron chi connectivity index (χ2n) is 6.87. The van der Waals surface area contributed by atoms with Crippen LogP contribution in [0.2, 0.25) is 0 Å².